The Bertz CT molecular complexity index is 872. The highest BCUT2D eigenvalue weighted by Gasteiger charge is 2.29. The summed E-state index contributed by atoms with van der Waals surface area (Å²) in [6.45, 7) is 0. The zero-order valence-electron chi connectivity index (χ0n) is 13.4. The summed E-state index contributed by atoms with van der Waals surface area (Å²) in [5.74, 6) is -0.0284. The van der Waals surface area contributed by atoms with Crippen molar-refractivity contribution in [2.75, 3.05) is 0 Å². The van der Waals surface area contributed by atoms with Gasteiger partial charge in [0.2, 0.25) is 5.44 Å². The lowest BCUT2D eigenvalue weighted by Gasteiger charge is -2.10. The van der Waals surface area contributed by atoms with E-state index in [9.17, 15) is 22.3 Å². The first-order valence-corrected chi connectivity index (χ1v) is 10.1. The minimum Gasteiger partial charge on any atom is -0.566 e. The summed E-state index contributed by atoms with van der Waals surface area (Å²) in [4.78, 5) is 10.5. The first-order chi connectivity index (χ1) is 12.3. The van der Waals surface area contributed by atoms with Crippen molar-refractivity contribution in [2.24, 2.45) is 0 Å². The lowest BCUT2D eigenvalue weighted by atomic mass is 10.1. The molecule has 26 heavy (non-hydrogen) atoms. The molecule has 7 nitrogen and oxygen atoms in total. The fourth-order valence-electron chi connectivity index (χ4n) is 2.24. The second-order valence-electron chi connectivity index (χ2n) is 5.35. The van der Waals surface area contributed by atoms with Gasteiger partial charge in [0.1, 0.15) is 5.75 Å². The van der Waals surface area contributed by atoms with Crippen LogP contribution in [0, 0.1) is 5.82 Å². The van der Waals surface area contributed by atoms with Crippen LogP contribution in [0.15, 0.2) is 48.5 Å². The molecule has 0 aromatic heterocycles. The third-order valence-electron chi connectivity index (χ3n) is 3.40. The number of para-hydroxylation sites is 1. The van der Waals surface area contributed by atoms with E-state index in [4.69, 9.17) is 9.29 Å². The molecule has 0 saturated heterocycles. The molecule has 0 fully saturated rings. The van der Waals surface area contributed by atoms with Crippen molar-refractivity contribution in [1.82, 2.24) is 0 Å². The molecule has 2 rings (SSSR count). The molecule has 10 heteroatoms. The first-order valence-electron chi connectivity index (χ1n) is 7.54. The topological polar surface area (TPSA) is 113 Å². The number of ether oxygens (including phenoxy) is 1. The molecule has 1 N–H and O–H groups in total. The third-order valence-corrected chi connectivity index (χ3v) is 4.97. The standard InChI is InChI=1S/C16H16FO7PS/c17-14-8-1-2-9-15(14)23-13-7-3-5-12(11-13)6-4-10-16(24-25(18)19)26(20,21)22/h1-3,5,7-9,11,16H,4,6,10H2,(H,20,21,22). The molecule has 0 radical (unpaired) electrons. The molecule has 2 aromatic rings. The molecular formula is C16H16FO7PS. The minimum absolute atomic E-state index is 0.0729. The van der Waals surface area contributed by atoms with Crippen molar-refractivity contribution in [2.45, 2.75) is 24.7 Å². The minimum atomic E-state index is -4.64. The predicted octanol–water partition coefficient (Wildman–Crippen LogP) is 3.19. The van der Waals surface area contributed by atoms with E-state index in [-0.39, 0.29) is 18.6 Å². The fourth-order valence-corrected chi connectivity index (χ4v) is 3.65. The maximum absolute atomic E-state index is 13.6. The van der Waals surface area contributed by atoms with Gasteiger partial charge >= 0.3 is 8.25 Å². The molecule has 2 aromatic carbocycles. The second-order valence-corrected chi connectivity index (χ2v) is 7.56. The maximum atomic E-state index is 13.6. The zero-order chi connectivity index (χ0) is 19.2. The molecule has 0 amide bonds. The summed E-state index contributed by atoms with van der Waals surface area (Å²) in [6, 6.07) is 12.7. The van der Waals surface area contributed by atoms with Crippen LogP contribution in [0.2, 0.25) is 0 Å². The third kappa shape index (κ3) is 6.44. The number of halogens is 1. The number of hydrogen-bond donors (Lipinski definition) is 1. The van der Waals surface area contributed by atoms with Gasteiger partial charge in [-0.25, -0.2) is 4.39 Å². The van der Waals surface area contributed by atoms with Crippen molar-refractivity contribution in [3.05, 3.63) is 59.9 Å². The lowest BCUT2D eigenvalue weighted by Crippen LogP contribution is -2.22. The van der Waals surface area contributed by atoms with Crippen LogP contribution in [0.3, 0.4) is 0 Å². The van der Waals surface area contributed by atoms with Crippen LogP contribution in [-0.2, 0) is 25.6 Å². The van der Waals surface area contributed by atoms with Gasteiger partial charge < -0.3 is 9.63 Å². The molecule has 0 bridgehead atoms. The predicted molar refractivity (Wildman–Crippen MR) is 89.9 cm³/mol. The Labute approximate surface area is 151 Å². The van der Waals surface area contributed by atoms with E-state index in [2.05, 4.69) is 4.52 Å². The summed E-state index contributed by atoms with van der Waals surface area (Å²) in [7, 11) is -8.05. The average Bonchev–Trinajstić information content (AvgIpc) is 2.55. The normalized spacial score (nSPS) is 13.3. The van der Waals surface area contributed by atoms with Crippen LogP contribution in [0.1, 0.15) is 18.4 Å². The van der Waals surface area contributed by atoms with Gasteiger partial charge in [-0.05, 0) is 53.7 Å². The highest BCUT2D eigenvalue weighted by atomic mass is 32.2. The fraction of sp³-hybridized carbons (Fsp3) is 0.250. The van der Waals surface area contributed by atoms with E-state index < -0.39 is 29.6 Å². The highest BCUT2D eigenvalue weighted by molar-refractivity contribution is 7.86. The zero-order valence-corrected chi connectivity index (χ0v) is 15.2. The lowest BCUT2D eigenvalue weighted by molar-refractivity contribution is -0.187. The summed E-state index contributed by atoms with van der Waals surface area (Å²) in [6.07, 6.45) is 0.400. The van der Waals surface area contributed by atoms with Crippen LogP contribution < -0.4 is 9.63 Å². The number of benzene rings is 2. The Hall–Kier alpha value is -1.90. The number of rotatable bonds is 9. The summed E-state index contributed by atoms with van der Waals surface area (Å²) in [5, 5.41) is 0. The number of hydrogen-bond acceptors (Lipinski definition) is 6. The monoisotopic (exact) mass is 402 g/mol. The molecular weight excluding hydrogens is 386 g/mol. The van der Waals surface area contributed by atoms with Crippen LogP contribution in [-0.4, -0.2) is 18.4 Å². The van der Waals surface area contributed by atoms with Crippen molar-refractivity contribution in [3.63, 3.8) is 0 Å². The van der Waals surface area contributed by atoms with Crippen LogP contribution in [0.5, 0.6) is 11.5 Å². The van der Waals surface area contributed by atoms with Crippen molar-refractivity contribution in [3.8, 4) is 11.5 Å². The molecule has 0 spiro atoms. The molecule has 2 unspecified atom stereocenters. The van der Waals surface area contributed by atoms with Gasteiger partial charge in [0.15, 0.2) is 11.6 Å². The van der Waals surface area contributed by atoms with E-state index in [0.29, 0.717) is 12.2 Å². The van der Waals surface area contributed by atoms with E-state index >= 15 is 0 Å². The van der Waals surface area contributed by atoms with Gasteiger partial charge in [0, 0.05) is 0 Å². The largest absolute Gasteiger partial charge is 0.566 e. The Morgan fingerprint density at radius 2 is 1.92 bits per heavy atom. The van der Waals surface area contributed by atoms with Crippen molar-refractivity contribution in [1.29, 1.82) is 0 Å². The molecule has 0 saturated carbocycles. The quantitative estimate of drug-likeness (QED) is 0.506. The van der Waals surface area contributed by atoms with E-state index in [0.717, 1.165) is 5.56 Å². The van der Waals surface area contributed by atoms with Crippen molar-refractivity contribution < 1.29 is 36.1 Å². The van der Waals surface area contributed by atoms with Gasteiger partial charge in [-0.2, -0.15) is 8.42 Å². The van der Waals surface area contributed by atoms with Crippen molar-refractivity contribution >= 4 is 18.4 Å². The van der Waals surface area contributed by atoms with Gasteiger partial charge in [-0.1, -0.05) is 24.3 Å². The van der Waals surface area contributed by atoms with Crippen LogP contribution >= 0.6 is 8.25 Å². The highest BCUT2D eigenvalue weighted by Crippen LogP contribution is 2.26. The Balaban J connectivity index is 1.98. The van der Waals surface area contributed by atoms with E-state index in [1.807, 2.05) is 0 Å². The SMILES string of the molecule is O=[P+]([O-])OC(CCCc1cccc(Oc2ccccc2F)c1)S(=O)(=O)O. The summed E-state index contributed by atoms with van der Waals surface area (Å²) in [5.41, 5.74) is -1.07. The Morgan fingerprint density at radius 3 is 2.58 bits per heavy atom. The van der Waals surface area contributed by atoms with E-state index in [1.165, 1.54) is 12.1 Å². The van der Waals surface area contributed by atoms with E-state index in [1.54, 1.807) is 36.4 Å². The summed E-state index contributed by atoms with van der Waals surface area (Å²) >= 11 is 0. The smallest absolute Gasteiger partial charge is 0.489 e. The molecule has 0 aliphatic rings. The van der Waals surface area contributed by atoms with Crippen LogP contribution in [0.25, 0.3) is 0 Å². The molecule has 2 atom stereocenters. The molecule has 0 heterocycles. The van der Waals surface area contributed by atoms with Gasteiger partial charge in [-0.15, -0.1) is 4.52 Å². The van der Waals surface area contributed by atoms with Gasteiger partial charge in [-0.3, -0.25) is 4.55 Å². The molecule has 0 aliphatic carbocycles. The van der Waals surface area contributed by atoms with Crippen LogP contribution in [0.4, 0.5) is 4.39 Å². The van der Waals surface area contributed by atoms with Gasteiger partial charge in [0.25, 0.3) is 10.1 Å². The number of aryl methyl sites for hydroxylation is 1. The summed E-state index contributed by atoms with van der Waals surface area (Å²) < 4.78 is 65.0. The van der Waals surface area contributed by atoms with Gasteiger partial charge in [0.05, 0.1) is 0 Å². The molecule has 140 valence electrons. The second kappa shape index (κ2) is 9.16. The Kier molecular flexibility index (Phi) is 7.19. The molecule has 0 aliphatic heterocycles. The average molecular weight is 402 g/mol. The maximum Gasteiger partial charge on any atom is 0.489 e. The first kappa shape index (κ1) is 20.4. The Morgan fingerprint density at radius 1 is 1.19 bits per heavy atom.